The highest BCUT2D eigenvalue weighted by Gasteiger charge is 2.37. The van der Waals surface area contributed by atoms with Crippen molar-refractivity contribution in [1.82, 2.24) is 18.7 Å². The molecule has 0 aliphatic carbocycles. The summed E-state index contributed by atoms with van der Waals surface area (Å²) in [5.41, 5.74) is 0.853. The number of ether oxygens (including phenoxy) is 1. The van der Waals surface area contributed by atoms with Gasteiger partial charge in [-0.1, -0.05) is 23.7 Å². The van der Waals surface area contributed by atoms with Crippen LogP contribution in [0, 0.1) is 5.82 Å². The summed E-state index contributed by atoms with van der Waals surface area (Å²) in [6.45, 7) is -0.0670. The molecule has 11 heteroatoms. The van der Waals surface area contributed by atoms with Crippen molar-refractivity contribution < 1.29 is 14.2 Å². The lowest BCUT2D eigenvalue weighted by Gasteiger charge is -2.31. The number of aliphatic hydroxyl groups excluding tert-OH is 1. The van der Waals surface area contributed by atoms with Crippen LogP contribution in [0.5, 0.6) is 0 Å². The third-order valence-electron chi connectivity index (χ3n) is 5.69. The van der Waals surface area contributed by atoms with E-state index in [-0.39, 0.29) is 23.7 Å². The Kier molecular flexibility index (Phi) is 5.05. The number of aliphatic hydroxyl groups is 1. The van der Waals surface area contributed by atoms with Gasteiger partial charge in [0, 0.05) is 25.0 Å². The molecule has 0 fully saturated rings. The highest BCUT2D eigenvalue weighted by Crippen LogP contribution is 2.42. The van der Waals surface area contributed by atoms with Crippen molar-refractivity contribution in [2.45, 2.75) is 18.8 Å². The molecule has 3 aromatic heterocycles. The van der Waals surface area contributed by atoms with Gasteiger partial charge in [0.2, 0.25) is 0 Å². The summed E-state index contributed by atoms with van der Waals surface area (Å²) < 4.78 is 24.5. The minimum atomic E-state index is -0.777. The van der Waals surface area contributed by atoms with E-state index in [2.05, 4.69) is 4.98 Å². The van der Waals surface area contributed by atoms with Crippen LogP contribution in [0.1, 0.15) is 16.8 Å². The van der Waals surface area contributed by atoms with E-state index in [1.54, 1.807) is 24.6 Å². The summed E-state index contributed by atoms with van der Waals surface area (Å²) in [5.74, 6) is -0.457. The van der Waals surface area contributed by atoms with E-state index < -0.39 is 29.3 Å². The molecule has 5 rings (SSSR count). The second-order valence-corrected chi connectivity index (χ2v) is 8.89. The van der Waals surface area contributed by atoms with Crippen LogP contribution in [0.4, 0.5) is 4.39 Å². The molecular formula is C21H18ClFN4O4S. The Labute approximate surface area is 189 Å². The van der Waals surface area contributed by atoms with Crippen LogP contribution in [0.15, 0.2) is 39.2 Å². The van der Waals surface area contributed by atoms with Crippen molar-refractivity contribution in [3.8, 4) is 11.3 Å². The Hall–Kier alpha value is -2.79. The maximum atomic E-state index is 14.2. The van der Waals surface area contributed by atoms with Crippen LogP contribution in [0.25, 0.3) is 22.2 Å². The number of aromatic nitrogens is 4. The molecule has 2 unspecified atom stereocenters. The number of halogens is 2. The number of thiazole rings is 1. The molecule has 0 saturated carbocycles. The van der Waals surface area contributed by atoms with Crippen molar-refractivity contribution in [2.24, 2.45) is 14.1 Å². The van der Waals surface area contributed by atoms with E-state index in [1.807, 2.05) is 4.57 Å². The lowest BCUT2D eigenvalue weighted by molar-refractivity contribution is -0.0517. The zero-order chi connectivity index (χ0) is 22.7. The second kappa shape index (κ2) is 7.66. The quantitative estimate of drug-likeness (QED) is 0.490. The zero-order valence-corrected chi connectivity index (χ0v) is 18.7. The molecule has 1 aromatic carbocycles. The molecule has 1 aliphatic rings. The Morgan fingerprint density at radius 2 is 2.09 bits per heavy atom. The van der Waals surface area contributed by atoms with Gasteiger partial charge in [0.05, 0.1) is 41.5 Å². The smallest absolute Gasteiger partial charge is 0.331 e. The lowest BCUT2D eigenvalue weighted by atomic mass is 10.1. The van der Waals surface area contributed by atoms with Gasteiger partial charge >= 0.3 is 5.69 Å². The highest BCUT2D eigenvalue weighted by atomic mass is 35.5. The van der Waals surface area contributed by atoms with Gasteiger partial charge in [-0.05, 0) is 12.1 Å². The SMILES string of the molecule is Cn1c(=O)c2c(-c3cccc(F)c3)n3c(c2n(C)c1=O)C(c1nc(Cl)cs1)OC(CO)C3. The van der Waals surface area contributed by atoms with Gasteiger partial charge in [0.25, 0.3) is 5.56 Å². The maximum Gasteiger partial charge on any atom is 0.331 e. The van der Waals surface area contributed by atoms with E-state index >= 15 is 0 Å². The highest BCUT2D eigenvalue weighted by molar-refractivity contribution is 7.10. The molecule has 4 heterocycles. The lowest BCUT2D eigenvalue weighted by Crippen LogP contribution is -2.37. The largest absolute Gasteiger partial charge is 0.394 e. The molecule has 0 amide bonds. The molecule has 1 aliphatic heterocycles. The molecule has 0 spiro atoms. The van der Waals surface area contributed by atoms with Crippen LogP contribution in [-0.2, 0) is 25.4 Å². The number of hydrogen-bond donors (Lipinski definition) is 1. The zero-order valence-electron chi connectivity index (χ0n) is 17.1. The average Bonchev–Trinajstić information content (AvgIpc) is 3.37. The fourth-order valence-electron chi connectivity index (χ4n) is 4.30. The second-order valence-electron chi connectivity index (χ2n) is 7.61. The summed E-state index contributed by atoms with van der Waals surface area (Å²) in [6, 6.07) is 5.92. The third kappa shape index (κ3) is 3.06. The predicted molar refractivity (Wildman–Crippen MR) is 119 cm³/mol. The third-order valence-corrected chi connectivity index (χ3v) is 6.90. The van der Waals surface area contributed by atoms with E-state index in [9.17, 15) is 19.1 Å². The minimum Gasteiger partial charge on any atom is -0.394 e. The molecule has 166 valence electrons. The monoisotopic (exact) mass is 476 g/mol. The molecule has 0 radical (unpaired) electrons. The summed E-state index contributed by atoms with van der Waals surface area (Å²) in [4.78, 5) is 30.4. The first-order chi connectivity index (χ1) is 15.3. The molecule has 0 bridgehead atoms. The van der Waals surface area contributed by atoms with E-state index in [0.29, 0.717) is 27.5 Å². The Balaban J connectivity index is 1.97. The number of benzene rings is 1. The maximum absolute atomic E-state index is 14.2. The molecule has 1 N–H and O–H groups in total. The van der Waals surface area contributed by atoms with Gasteiger partial charge in [-0.2, -0.15) is 0 Å². The summed E-state index contributed by atoms with van der Waals surface area (Å²) in [6.07, 6.45) is -1.38. The van der Waals surface area contributed by atoms with Crippen LogP contribution in [-0.4, -0.2) is 36.5 Å². The fraction of sp³-hybridized carbons (Fsp3) is 0.286. The first kappa shape index (κ1) is 21.1. The predicted octanol–water partition coefficient (Wildman–Crippen LogP) is 2.44. The van der Waals surface area contributed by atoms with Gasteiger partial charge in [-0.25, -0.2) is 14.2 Å². The Bertz CT molecular complexity index is 1490. The van der Waals surface area contributed by atoms with Crippen molar-refractivity contribution in [3.63, 3.8) is 0 Å². The first-order valence-electron chi connectivity index (χ1n) is 9.77. The van der Waals surface area contributed by atoms with Crippen molar-refractivity contribution >= 4 is 33.8 Å². The van der Waals surface area contributed by atoms with Gasteiger partial charge in [0.15, 0.2) is 6.10 Å². The van der Waals surface area contributed by atoms with Gasteiger partial charge in [-0.3, -0.25) is 13.9 Å². The van der Waals surface area contributed by atoms with Gasteiger partial charge < -0.3 is 14.4 Å². The van der Waals surface area contributed by atoms with Crippen molar-refractivity contribution in [2.75, 3.05) is 6.61 Å². The van der Waals surface area contributed by atoms with Crippen LogP contribution < -0.4 is 11.2 Å². The number of aryl methyl sites for hydroxylation is 1. The molecule has 8 nitrogen and oxygen atoms in total. The van der Waals surface area contributed by atoms with Gasteiger partial charge in [-0.15, -0.1) is 11.3 Å². The minimum absolute atomic E-state index is 0.208. The molecular weight excluding hydrogens is 459 g/mol. The Morgan fingerprint density at radius 1 is 1.31 bits per heavy atom. The van der Waals surface area contributed by atoms with Crippen LogP contribution in [0.2, 0.25) is 5.15 Å². The number of rotatable bonds is 3. The average molecular weight is 477 g/mol. The van der Waals surface area contributed by atoms with E-state index in [1.165, 1.54) is 35.1 Å². The number of hydrogen-bond acceptors (Lipinski definition) is 6. The summed E-state index contributed by atoms with van der Waals surface area (Å²) >= 11 is 7.33. The standard InChI is InChI=1S/C21H18ClFN4O4S/c1-25-16-14(20(29)26(2)21(25)30)15(10-4-3-5-11(23)6-10)27-7-12(8-28)31-18(17(16)27)19-24-13(22)9-32-19/h3-6,9,12,18,28H,7-8H2,1-2H3. The molecule has 32 heavy (non-hydrogen) atoms. The van der Waals surface area contributed by atoms with Gasteiger partial charge in [0.1, 0.15) is 16.0 Å². The van der Waals surface area contributed by atoms with Crippen LogP contribution in [0.3, 0.4) is 0 Å². The van der Waals surface area contributed by atoms with Crippen molar-refractivity contribution in [1.29, 1.82) is 0 Å². The summed E-state index contributed by atoms with van der Waals surface area (Å²) in [5, 5.41) is 12.6. The molecule has 4 aromatic rings. The van der Waals surface area contributed by atoms with E-state index in [4.69, 9.17) is 16.3 Å². The molecule has 0 saturated heterocycles. The summed E-state index contributed by atoms with van der Waals surface area (Å²) in [7, 11) is 2.98. The van der Waals surface area contributed by atoms with Crippen molar-refractivity contribution in [3.05, 3.63) is 72.2 Å². The van der Waals surface area contributed by atoms with Crippen LogP contribution >= 0.6 is 22.9 Å². The number of nitrogens with zero attached hydrogens (tertiary/aromatic N) is 4. The normalized spacial score (nSPS) is 18.3. The first-order valence-corrected chi connectivity index (χ1v) is 11.0. The van der Waals surface area contributed by atoms with E-state index in [0.717, 1.165) is 4.57 Å². The Morgan fingerprint density at radius 3 is 2.75 bits per heavy atom. The fourth-order valence-corrected chi connectivity index (χ4v) is 5.29. The number of fused-ring (bicyclic) bond motifs is 3. The topological polar surface area (TPSA) is 91.3 Å². The molecule has 2 atom stereocenters.